The molecule has 10 heteroatoms. The summed E-state index contributed by atoms with van der Waals surface area (Å²) in [5, 5.41) is 10.4. The third-order valence-corrected chi connectivity index (χ3v) is 15.0. The van der Waals surface area contributed by atoms with E-state index in [-0.39, 0.29) is 6.61 Å². The zero-order chi connectivity index (χ0) is 38.6. The molecule has 57 heavy (non-hydrogen) atoms. The molecule has 0 amide bonds. The van der Waals surface area contributed by atoms with E-state index in [0.29, 0.717) is 0 Å². The summed E-state index contributed by atoms with van der Waals surface area (Å²) < 4.78 is 19.9. The molecule has 0 aliphatic carbocycles. The molecule has 282 valence electrons. The van der Waals surface area contributed by atoms with Crippen LogP contribution in [0.15, 0.2) is 180 Å². The Balaban J connectivity index is 1.25. The Morgan fingerprint density at radius 3 is 1.37 bits per heavy atom. The van der Waals surface area contributed by atoms with Gasteiger partial charge in [-0.2, -0.15) is 0 Å². The van der Waals surface area contributed by atoms with Crippen LogP contribution in [0.1, 0.15) is 39.6 Å². The van der Waals surface area contributed by atoms with E-state index in [1.807, 2.05) is 109 Å². The molecule has 4 atom stereocenters. The van der Waals surface area contributed by atoms with E-state index in [9.17, 15) is 14.7 Å². The molecule has 8 nitrogen and oxygen atoms in total. The minimum Gasteiger partial charge on any atom is -0.457 e. The molecule has 0 saturated carbocycles. The Morgan fingerprint density at radius 2 is 0.947 bits per heavy atom. The second-order valence-corrected chi connectivity index (χ2v) is 17.0. The summed E-state index contributed by atoms with van der Waals surface area (Å²) in [6, 6.07) is 54.4. The van der Waals surface area contributed by atoms with Crippen molar-refractivity contribution in [1.82, 2.24) is 9.55 Å². The van der Waals surface area contributed by atoms with Gasteiger partial charge in [0.25, 0.3) is 5.56 Å². The van der Waals surface area contributed by atoms with Crippen molar-refractivity contribution in [2.45, 2.75) is 32.3 Å². The minimum absolute atomic E-state index is 0.317. The second-order valence-electron chi connectivity index (χ2n) is 14.2. The van der Waals surface area contributed by atoms with Gasteiger partial charge in [0, 0.05) is 34.5 Å². The van der Waals surface area contributed by atoms with Gasteiger partial charge in [-0.05, 0) is 35.4 Å². The fourth-order valence-corrected chi connectivity index (χ4v) is 12.7. The zero-order valence-electron chi connectivity index (χ0n) is 30.4. The molecule has 0 radical (unpaired) electrons. The molecule has 2 N–H and O–H groups in total. The van der Waals surface area contributed by atoms with Crippen molar-refractivity contribution < 1.29 is 19.3 Å². The van der Waals surface area contributed by atoms with Gasteiger partial charge >= 0.3 is 5.69 Å². The van der Waals surface area contributed by atoms with Crippen LogP contribution >= 0.6 is 23.5 Å². The van der Waals surface area contributed by atoms with Crippen molar-refractivity contribution in [1.29, 1.82) is 0 Å². The summed E-state index contributed by atoms with van der Waals surface area (Å²) in [4.78, 5) is 28.7. The number of para-hydroxylation sites is 4. The molecule has 4 heterocycles. The third-order valence-electron chi connectivity index (χ3n) is 11.1. The number of ether oxygens (including phenoxy) is 3. The number of aromatic amines is 1. The second kappa shape index (κ2) is 14.3. The van der Waals surface area contributed by atoms with E-state index in [2.05, 4.69) is 53.5 Å². The lowest BCUT2D eigenvalue weighted by Gasteiger charge is -2.45. The van der Waals surface area contributed by atoms with Crippen LogP contribution in [0.25, 0.3) is 0 Å². The van der Waals surface area contributed by atoms with E-state index in [1.165, 1.54) is 16.8 Å². The zero-order valence-corrected chi connectivity index (χ0v) is 32.1. The van der Waals surface area contributed by atoms with E-state index in [1.54, 1.807) is 23.5 Å². The minimum atomic E-state index is -0.907. The van der Waals surface area contributed by atoms with Gasteiger partial charge in [-0.3, -0.25) is 14.3 Å². The highest BCUT2D eigenvalue weighted by molar-refractivity contribution is 8.05. The highest BCUT2D eigenvalue weighted by Gasteiger charge is 2.57. The maximum Gasteiger partial charge on any atom is 0.330 e. The fourth-order valence-electron chi connectivity index (χ4n) is 8.65. The lowest BCUT2D eigenvalue weighted by Crippen LogP contribution is -2.42. The molecule has 1 fully saturated rings. The first-order valence-corrected chi connectivity index (χ1v) is 20.6. The summed E-state index contributed by atoms with van der Waals surface area (Å²) >= 11 is 3.39. The molecule has 3 aliphatic rings. The van der Waals surface area contributed by atoms with Crippen LogP contribution in [0.2, 0.25) is 0 Å². The van der Waals surface area contributed by atoms with Gasteiger partial charge < -0.3 is 19.3 Å². The highest BCUT2D eigenvalue weighted by Crippen LogP contribution is 2.65. The molecule has 6 aromatic carbocycles. The molecule has 1 saturated heterocycles. The number of nitrogens with one attached hydrogen (secondary N) is 1. The van der Waals surface area contributed by atoms with E-state index < -0.39 is 43.6 Å². The standard InChI is InChI=1S/C47H36N2O6S2/c50-29-40-42(56-46(30-15-3-1-4-16-30)32-19-7-11-23-36(32)53-37-24-12-8-20-33(37)46)43(44(55-40)49-28-27-41(51)48-45(49)52)57-47(31-17-5-2-6-18-31)34-21-9-13-25-38(34)54-39-26-14-10-22-35(39)47/h1-28,40,42-44,50H,29H2,(H,48,51,52)/t40-,42?,43?,44-/m1/s1. The quantitative estimate of drug-likeness (QED) is 0.158. The summed E-state index contributed by atoms with van der Waals surface area (Å²) in [6.45, 7) is -0.317. The van der Waals surface area contributed by atoms with Gasteiger partial charge in [0.2, 0.25) is 0 Å². The first-order valence-electron chi connectivity index (χ1n) is 18.8. The van der Waals surface area contributed by atoms with Crippen LogP contribution in [0.4, 0.5) is 0 Å². The largest absolute Gasteiger partial charge is 0.457 e. The normalized spacial score (nSPS) is 20.9. The summed E-state index contributed by atoms with van der Waals surface area (Å²) in [7, 11) is 0. The van der Waals surface area contributed by atoms with Crippen molar-refractivity contribution in [2.24, 2.45) is 0 Å². The Morgan fingerprint density at radius 1 is 0.544 bits per heavy atom. The van der Waals surface area contributed by atoms with E-state index >= 15 is 0 Å². The lowest BCUT2D eigenvalue weighted by molar-refractivity contribution is -0.0226. The predicted molar refractivity (Wildman–Crippen MR) is 224 cm³/mol. The van der Waals surface area contributed by atoms with Crippen LogP contribution in [0.3, 0.4) is 0 Å². The third kappa shape index (κ3) is 5.69. The van der Waals surface area contributed by atoms with Gasteiger partial charge in [0.05, 0.1) is 32.7 Å². The number of benzene rings is 6. The predicted octanol–water partition coefficient (Wildman–Crippen LogP) is 8.83. The van der Waals surface area contributed by atoms with Crippen molar-refractivity contribution >= 4 is 23.5 Å². The molecule has 1 aromatic heterocycles. The number of nitrogens with zero attached hydrogens (tertiary/aromatic N) is 1. The monoisotopic (exact) mass is 788 g/mol. The number of thioether (sulfide) groups is 2. The van der Waals surface area contributed by atoms with E-state index in [4.69, 9.17) is 14.2 Å². The van der Waals surface area contributed by atoms with Gasteiger partial charge in [0.15, 0.2) is 6.23 Å². The molecule has 0 bridgehead atoms. The van der Waals surface area contributed by atoms with Crippen molar-refractivity contribution in [3.63, 3.8) is 0 Å². The van der Waals surface area contributed by atoms with Gasteiger partial charge in [-0.25, -0.2) is 4.79 Å². The van der Waals surface area contributed by atoms with Crippen LogP contribution in [-0.4, -0.2) is 37.9 Å². The number of aliphatic hydroxyl groups is 1. The van der Waals surface area contributed by atoms with E-state index in [0.717, 1.165) is 56.4 Å². The van der Waals surface area contributed by atoms with Gasteiger partial charge in [-0.1, -0.05) is 133 Å². The number of hydrogen-bond donors (Lipinski definition) is 2. The number of aromatic nitrogens is 2. The molecule has 7 aromatic rings. The number of fused-ring (bicyclic) bond motifs is 4. The number of rotatable bonds is 8. The Labute approximate surface area is 337 Å². The topological polar surface area (TPSA) is 103 Å². The molecular weight excluding hydrogens is 753 g/mol. The number of aliphatic hydroxyl groups excluding tert-OH is 1. The number of H-pyrrole nitrogens is 1. The van der Waals surface area contributed by atoms with Crippen LogP contribution in [0, 0.1) is 0 Å². The van der Waals surface area contributed by atoms with Gasteiger partial charge in [0.1, 0.15) is 23.0 Å². The van der Waals surface area contributed by atoms with Crippen LogP contribution in [-0.2, 0) is 14.2 Å². The molecule has 0 spiro atoms. The Hall–Kier alpha value is -5.78. The summed E-state index contributed by atoms with van der Waals surface area (Å²) in [6.07, 6.45) is -0.152. The van der Waals surface area contributed by atoms with Crippen LogP contribution in [0.5, 0.6) is 23.0 Å². The van der Waals surface area contributed by atoms with Gasteiger partial charge in [-0.15, -0.1) is 23.5 Å². The molecule has 2 unspecified atom stereocenters. The summed E-state index contributed by atoms with van der Waals surface area (Å²) in [5.74, 6) is 2.91. The molecular formula is C47H36N2O6S2. The van der Waals surface area contributed by atoms with Crippen LogP contribution < -0.4 is 20.7 Å². The fraction of sp³-hybridized carbons (Fsp3) is 0.149. The highest BCUT2D eigenvalue weighted by atomic mass is 32.2. The first kappa shape index (κ1) is 35.6. The Kier molecular flexibility index (Phi) is 8.94. The molecule has 10 rings (SSSR count). The maximum atomic E-state index is 13.8. The van der Waals surface area contributed by atoms with Crippen molar-refractivity contribution in [3.8, 4) is 23.0 Å². The maximum absolute atomic E-state index is 13.8. The van der Waals surface area contributed by atoms with Crippen molar-refractivity contribution in [3.05, 3.63) is 224 Å². The average Bonchev–Trinajstić information content (AvgIpc) is 3.59. The number of hydrogen-bond acceptors (Lipinski definition) is 8. The smallest absolute Gasteiger partial charge is 0.330 e. The average molecular weight is 789 g/mol. The van der Waals surface area contributed by atoms with Crippen molar-refractivity contribution in [2.75, 3.05) is 6.61 Å². The Bertz CT molecular complexity index is 2630. The lowest BCUT2D eigenvalue weighted by atomic mass is 9.81. The SMILES string of the molecule is O=c1ccn([C@@H]2O[C@H](CO)C(SC3(c4ccccc4)c4ccccc4Oc4ccccc43)C2SC2(c3ccccc3)c3ccccc3Oc3ccccc32)c(=O)[nH]1. The first-order chi connectivity index (χ1) is 28.0. The molecule has 3 aliphatic heterocycles. The summed E-state index contributed by atoms with van der Waals surface area (Å²) in [5.41, 5.74) is 4.76.